The first-order chi connectivity index (χ1) is 16.4. The summed E-state index contributed by atoms with van der Waals surface area (Å²) in [6, 6.07) is 7.27. The standard InChI is InChI=1S/C24H14F7NO3/c1-34-21-11-16-12(8-17(21)15-5-4-14(10-19(15)25)35-24(29,30)31)7-13(22(16)33)9-20-18(23(26,27)28)3-2-6-32-20/h2-6,8-11H,7H2,1H3. The third kappa shape index (κ3) is 4.98. The summed E-state index contributed by atoms with van der Waals surface area (Å²) in [5.74, 6) is -2.28. The first-order valence-corrected chi connectivity index (χ1v) is 9.91. The van der Waals surface area contributed by atoms with Gasteiger partial charge in [0, 0.05) is 40.9 Å². The maximum Gasteiger partial charge on any atom is 0.573 e. The number of hydrogen-bond donors (Lipinski definition) is 0. The number of rotatable bonds is 4. The number of ether oxygens (including phenoxy) is 2. The van der Waals surface area contributed by atoms with E-state index in [0.29, 0.717) is 11.6 Å². The molecular weight excluding hydrogens is 483 g/mol. The van der Waals surface area contributed by atoms with E-state index in [2.05, 4.69) is 9.72 Å². The van der Waals surface area contributed by atoms with Gasteiger partial charge in [0.15, 0.2) is 5.78 Å². The maximum atomic E-state index is 14.7. The van der Waals surface area contributed by atoms with Crippen molar-refractivity contribution >= 4 is 11.9 Å². The van der Waals surface area contributed by atoms with Crippen LogP contribution in [-0.2, 0) is 12.6 Å². The van der Waals surface area contributed by atoms with Crippen LogP contribution in [0.3, 0.4) is 0 Å². The minimum absolute atomic E-state index is 0.0396. The number of pyridine rings is 1. The lowest BCUT2D eigenvalue weighted by Crippen LogP contribution is -2.17. The maximum absolute atomic E-state index is 14.7. The molecule has 0 bridgehead atoms. The van der Waals surface area contributed by atoms with E-state index < -0.39 is 41.1 Å². The van der Waals surface area contributed by atoms with Gasteiger partial charge in [-0.3, -0.25) is 9.78 Å². The predicted octanol–water partition coefficient (Wildman–Crippen LogP) is 6.64. The van der Waals surface area contributed by atoms with Crippen molar-refractivity contribution < 1.29 is 45.0 Å². The van der Waals surface area contributed by atoms with Crippen LogP contribution in [0.5, 0.6) is 11.5 Å². The summed E-state index contributed by atoms with van der Waals surface area (Å²) < 4.78 is 101. The smallest absolute Gasteiger partial charge is 0.496 e. The summed E-state index contributed by atoms with van der Waals surface area (Å²) in [5, 5.41) is 0. The van der Waals surface area contributed by atoms with Gasteiger partial charge in [-0.05, 0) is 48.0 Å². The highest BCUT2D eigenvalue weighted by Crippen LogP contribution is 2.40. The number of carbonyl (C=O) groups excluding carboxylic acids is 1. The van der Waals surface area contributed by atoms with Crippen LogP contribution in [0, 0.1) is 5.82 Å². The van der Waals surface area contributed by atoms with E-state index in [1.165, 1.54) is 25.4 Å². The molecule has 1 aliphatic rings. The molecule has 0 saturated carbocycles. The highest BCUT2D eigenvalue weighted by Gasteiger charge is 2.35. The van der Waals surface area contributed by atoms with E-state index in [1.54, 1.807) is 0 Å². The number of Topliss-reactive ketones (excluding diaryl/α,β-unsaturated/α-hetero) is 1. The van der Waals surface area contributed by atoms with E-state index in [4.69, 9.17) is 4.74 Å². The molecule has 1 aromatic heterocycles. The number of halogens is 7. The third-order valence-electron chi connectivity index (χ3n) is 5.26. The van der Waals surface area contributed by atoms with Gasteiger partial charge in [0.25, 0.3) is 0 Å². The second-order valence-corrected chi connectivity index (χ2v) is 7.51. The van der Waals surface area contributed by atoms with Gasteiger partial charge in [-0.2, -0.15) is 13.2 Å². The molecule has 11 heteroatoms. The molecule has 3 aromatic rings. The number of alkyl halides is 6. The zero-order chi connectivity index (χ0) is 25.5. The van der Waals surface area contributed by atoms with Crippen LogP contribution in [0.2, 0.25) is 0 Å². The summed E-state index contributed by atoms with van der Waals surface area (Å²) in [5.41, 5.74) is -0.821. The minimum atomic E-state index is -5.00. The molecule has 2 aromatic carbocycles. The molecule has 182 valence electrons. The highest BCUT2D eigenvalue weighted by molar-refractivity contribution is 6.16. The highest BCUT2D eigenvalue weighted by atomic mass is 19.4. The molecule has 0 N–H and O–H groups in total. The molecule has 1 heterocycles. The first kappa shape index (κ1) is 24.2. The van der Waals surface area contributed by atoms with Crippen molar-refractivity contribution in [2.45, 2.75) is 19.0 Å². The van der Waals surface area contributed by atoms with E-state index >= 15 is 0 Å². The van der Waals surface area contributed by atoms with Gasteiger partial charge >= 0.3 is 12.5 Å². The minimum Gasteiger partial charge on any atom is -0.496 e. The second kappa shape index (κ2) is 8.71. The summed E-state index contributed by atoms with van der Waals surface area (Å²) in [6.45, 7) is 0. The molecule has 0 radical (unpaired) electrons. The van der Waals surface area contributed by atoms with Crippen molar-refractivity contribution in [3.63, 3.8) is 0 Å². The number of allylic oxidation sites excluding steroid dienone is 1. The monoisotopic (exact) mass is 497 g/mol. The van der Waals surface area contributed by atoms with Gasteiger partial charge in [0.05, 0.1) is 18.4 Å². The lowest BCUT2D eigenvalue weighted by molar-refractivity contribution is -0.274. The lowest BCUT2D eigenvalue weighted by Gasteiger charge is -2.14. The molecule has 0 saturated heterocycles. The lowest BCUT2D eigenvalue weighted by atomic mass is 9.98. The van der Waals surface area contributed by atoms with E-state index in [1.807, 2.05) is 0 Å². The summed E-state index contributed by atoms with van der Waals surface area (Å²) >= 11 is 0. The molecule has 0 aliphatic heterocycles. The average Bonchev–Trinajstić information content (AvgIpc) is 3.06. The Morgan fingerprint density at radius 3 is 2.34 bits per heavy atom. The van der Waals surface area contributed by atoms with Crippen molar-refractivity contribution in [2.75, 3.05) is 7.11 Å². The number of ketones is 1. The van der Waals surface area contributed by atoms with Crippen molar-refractivity contribution in [1.82, 2.24) is 4.98 Å². The number of benzene rings is 2. The van der Waals surface area contributed by atoms with E-state index in [0.717, 1.165) is 30.3 Å². The van der Waals surface area contributed by atoms with Crippen molar-refractivity contribution in [2.24, 2.45) is 0 Å². The van der Waals surface area contributed by atoms with Crippen molar-refractivity contribution in [3.8, 4) is 22.6 Å². The van der Waals surface area contributed by atoms with Crippen molar-refractivity contribution in [1.29, 1.82) is 0 Å². The normalized spacial score (nSPS) is 14.9. The number of aromatic nitrogens is 1. The topological polar surface area (TPSA) is 48.4 Å². The molecule has 4 rings (SSSR count). The zero-order valence-corrected chi connectivity index (χ0v) is 17.7. The SMILES string of the molecule is COc1cc2c(cc1-c1ccc(OC(F)(F)F)cc1F)CC(=Cc1ncccc1C(F)(F)F)C2=O. The Balaban J connectivity index is 1.74. The van der Waals surface area contributed by atoms with Crippen LogP contribution in [0.4, 0.5) is 30.7 Å². The molecule has 0 amide bonds. The molecule has 0 fully saturated rings. The Kier molecular flexibility index (Phi) is 6.04. The number of carbonyl (C=O) groups is 1. The fourth-order valence-electron chi connectivity index (χ4n) is 3.79. The molecule has 4 nitrogen and oxygen atoms in total. The van der Waals surface area contributed by atoms with Gasteiger partial charge in [-0.15, -0.1) is 13.2 Å². The van der Waals surface area contributed by atoms with E-state index in [9.17, 15) is 35.5 Å². The van der Waals surface area contributed by atoms with Gasteiger partial charge < -0.3 is 9.47 Å². The molecule has 35 heavy (non-hydrogen) atoms. The van der Waals surface area contributed by atoms with Gasteiger partial charge in [0.1, 0.15) is 17.3 Å². The summed E-state index contributed by atoms with van der Waals surface area (Å²) in [7, 11) is 1.25. The van der Waals surface area contributed by atoms with Crippen LogP contribution in [-0.4, -0.2) is 24.2 Å². The third-order valence-corrected chi connectivity index (χ3v) is 5.26. The summed E-state index contributed by atoms with van der Waals surface area (Å²) in [6.07, 6.45) is -7.51. The Labute approximate surface area is 193 Å². The zero-order valence-electron chi connectivity index (χ0n) is 17.7. The first-order valence-electron chi connectivity index (χ1n) is 9.91. The van der Waals surface area contributed by atoms with Crippen LogP contribution < -0.4 is 9.47 Å². The fourth-order valence-corrected chi connectivity index (χ4v) is 3.79. The van der Waals surface area contributed by atoms with Crippen LogP contribution >= 0.6 is 0 Å². The fraction of sp³-hybridized carbons (Fsp3) is 0.167. The molecule has 1 aliphatic carbocycles. The molecular formula is C24H14F7NO3. The molecule has 0 spiro atoms. The Morgan fingerprint density at radius 1 is 0.971 bits per heavy atom. The summed E-state index contributed by atoms with van der Waals surface area (Å²) in [4.78, 5) is 16.6. The number of hydrogen-bond acceptors (Lipinski definition) is 4. The van der Waals surface area contributed by atoms with Gasteiger partial charge in [0.2, 0.25) is 0 Å². The Hall–Kier alpha value is -3.89. The number of methoxy groups -OCH3 is 1. The van der Waals surface area contributed by atoms with Gasteiger partial charge in [-0.1, -0.05) is 0 Å². The van der Waals surface area contributed by atoms with Gasteiger partial charge in [-0.25, -0.2) is 4.39 Å². The quantitative estimate of drug-likeness (QED) is 0.300. The van der Waals surface area contributed by atoms with Crippen LogP contribution in [0.25, 0.3) is 17.2 Å². The van der Waals surface area contributed by atoms with Crippen LogP contribution in [0.1, 0.15) is 27.2 Å². The average molecular weight is 497 g/mol. The second-order valence-electron chi connectivity index (χ2n) is 7.51. The predicted molar refractivity (Wildman–Crippen MR) is 110 cm³/mol. The van der Waals surface area contributed by atoms with Crippen LogP contribution in [0.15, 0.2) is 54.2 Å². The van der Waals surface area contributed by atoms with Crippen molar-refractivity contribution in [3.05, 3.63) is 82.4 Å². The number of fused-ring (bicyclic) bond motifs is 1. The number of nitrogens with zero attached hydrogens (tertiary/aromatic N) is 1. The Bertz CT molecular complexity index is 1340. The molecule has 0 atom stereocenters. The molecule has 0 unspecified atom stereocenters. The largest absolute Gasteiger partial charge is 0.573 e. The Morgan fingerprint density at radius 2 is 1.71 bits per heavy atom. The van der Waals surface area contributed by atoms with E-state index in [-0.39, 0.29) is 34.4 Å².